The van der Waals surface area contributed by atoms with Gasteiger partial charge in [-0.1, -0.05) is 0 Å². The Kier molecular flexibility index (Phi) is 4.34. The van der Waals surface area contributed by atoms with Crippen LogP contribution in [0.4, 0.5) is 0 Å². The Morgan fingerprint density at radius 1 is 1.09 bits per heavy atom. The largest absolute Gasteiger partial charge is 0.493 e. The van der Waals surface area contributed by atoms with Crippen LogP contribution in [-0.4, -0.2) is 38.1 Å². The molecule has 0 radical (unpaired) electrons. The number of rotatable bonds is 3. The smallest absolute Gasteiger partial charge is 0.254 e. The van der Waals surface area contributed by atoms with Crippen LogP contribution in [0.15, 0.2) is 29.0 Å². The molecule has 1 aliphatic rings. The highest BCUT2D eigenvalue weighted by Crippen LogP contribution is 2.32. The van der Waals surface area contributed by atoms with Gasteiger partial charge in [0.05, 0.1) is 19.8 Å². The molecule has 0 aliphatic carbocycles. The first-order chi connectivity index (χ1) is 10.7. The summed E-state index contributed by atoms with van der Waals surface area (Å²) in [4.78, 5) is 14.4. The van der Waals surface area contributed by atoms with Crippen LogP contribution in [-0.2, 0) is 12.8 Å². The highest BCUT2D eigenvalue weighted by atomic mass is 32.1. The van der Waals surface area contributed by atoms with E-state index in [1.54, 1.807) is 25.6 Å². The van der Waals surface area contributed by atoms with E-state index in [1.807, 2.05) is 33.9 Å². The van der Waals surface area contributed by atoms with Crippen molar-refractivity contribution in [3.8, 4) is 11.5 Å². The van der Waals surface area contributed by atoms with E-state index in [0.717, 1.165) is 43.0 Å². The number of hydrogen-bond acceptors (Lipinski definition) is 4. The Balaban J connectivity index is 1.82. The number of thiophene rings is 1. The predicted octanol–water partition coefficient (Wildman–Crippen LogP) is 3.01. The number of benzene rings is 1. The molecule has 2 aromatic rings. The number of nitrogens with zero attached hydrogens (tertiary/aromatic N) is 1. The molecule has 2 heterocycles. The molecule has 1 aromatic heterocycles. The molecule has 4 nitrogen and oxygen atoms in total. The van der Waals surface area contributed by atoms with Crippen molar-refractivity contribution < 1.29 is 14.3 Å². The molecule has 116 valence electrons. The van der Waals surface area contributed by atoms with Crippen LogP contribution in [0.2, 0.25) is 0 Å². The molecule has 0 unspecified atom stereocenters. The zero-order valence-electron chi connectivity index (χ0n) is 12.8. The summed E-state index contributed by atoms with van der Waals surface area (Å²) in [5.74, 6) is 1.62. The highest BCUT2D eigenvalue weighted by molar-refractivity contribution is 7.08. The summed E-state index contributed by atoms with van der Waals surface area (Å²) in [6, 6.07) is 5.95. The number of methoxy groups -OCH3 is 2. The molecular formula is C17H19NO3S. The van der Waals surface area contributed by atoms with Crippen molar-refractivity contribution in [3.05, 3.63) is 45.6 Å². The molecule has 0 atom stereocenters. The lowest BCUT2D eigenvalue weighted by atomic mass is 10.0. The zero-order chi connectivity index (χ0) is 15.5. The average Bonchev–Trinajstić information content (AvgIpc) is 3.00. The first-order valence-corrected chi connectivity index (χ1v) is 8.22. The Hall–Kier alpha value is -2.01. The van der Waals surface area contributed by atoms with Gasteiger partial charge in [0.15, 0.2) is 11.5 Å². The van der Waals surface area contributed by atoms with E-state index < -0.39 is 0 Å². The summed E-state index contributed by atoms with van der Waals surface area (Å²) in [6.45, 7) is 1.47. The fraction of sp³-hybridized carbons (Fsp3) is 0.353. The quantitative estimate of drug-likeness (QED) is 0.873. The van der Waals surface area contributed by atoms with E-state index in [2.05, 4.69) is 0 Å². The monoisotopic (exact) mass is 317 g/mol. The molecular weight excluding hydrogens is 298 g/mol. The maximum absolute atomic E-state index is 12.5. The standard InChI is InChI=1S/C17H19NO3S/c1-20-15-9-12-3-6-18(17(19)14-5-8-22-11-14)7-4-13(12)10-16(15)21-2/h5,8-11H,3-4,6-7H2,1-2H3. The fourth-order valence-electron chi connectivity index (χ4n) is 2.82. The first kappa shape index (κ1) is 14.9. The van der Waals surface area contributed by atoms with Crippen LogP contribution >= 0.6 is 11.3 Å². The van der Waals surface area contributed by atoms with E-state index in [0.29, 0.717) is 0 Å². The number of hydrogen-bond donors (Lipinski definition) is 0. The third-order valence-electron chi connectivity index (χ3n) is 4.06. The van der Waals surface area contributed by atoms with Gasteiger partial charge in [-0.3, -0.25) is 4.79 Å². The van der Waals surface area contributed by atoms with Gasteiger partial charge < -0.3 is 14.4 Å². The molecule has 0 fully saturated rings. The molecule has 22 heavy (non-hydrogen) atoms. The van der Waals surface area contributed by atoms with Crippen molar-refractivity contribution in [1.29, 1.82) is 0 Å². The average molecular weight is 317 g/mol. The maximum Gasteiger partial charge on any atom is 0.254 e. The number of fused-ring (bicyclic) bond motifs is 1. The second-order valence-corrected chi connectivity index (χ2v) is 6.06. The summed E-state index contributed by atoms with van der Waals surface area (Å²) < 4.78 is 10.7. The molecule has 3 rings (SSSR count). The van der Waals surface area contributed by atoms with Crippen LogP contribution in [0.3, 0.4) is 0 Å². The van der Waals surface area contributed by atoms with E-state index in [-0.39, 0.29) is 5.91 Å². The highest BCUT2D eigenvalue weighted by Gasteiger charge is 2.21. The predicted molar refractivity (Wildman–Crippen MR) is 87.2 cm³/mol. The molecule has 5 heteroatoms. The van der Waals surface area contributed by atoms with E-state index in [1.165, 1.54) is 11.1 Å². The summed E-state index contributed by atoms with van der Waals surface area (Å²) in [5.41, 5.74) is 3.25. The zero-order valence-corrected chi connectivity index (χ0v) is 13.6. The molecule has 1 aromatic carbocycles. The lowest BCUT2D eigenvalue weighted by Gasteiger charge is -2.19. The van der Waals surface area contributed by atoms with Crippen LogP contribution < -0.4 is 9.47 Å². The Labute approximate surface area is 134 Å². The lowest BCUT2D eigenvalue weighted by Crippen LogP contribution is -2.32. The number of carbonyl (C=O) groups is 1. The van der Waals surface area contributed by atoms with Crippen molar-refractivity contribution in [3.63, 3.8) is 0 Å². The summed E-state index contributed by atoms with van der Waals surface area (Å²) in [5, 5.41) is 3.85. The normalized spacial score (nSPS) is 14.2. The summed E-state index contributed by atoms with van der Waals surface area (Å²) in [7, 11) is 3.29. The van der Waals surface area contributed by atoms with E-state index >= 15 is 0 Å². The number of ether oxygens (including phenoxy) is 2. The maximum atomic E-state index is 12.5. The minimum Gasteiger partial charge on any atom is -0.493 e. The van der Waals surface area contributed by atoms with E-state index in [9.17, 15) is 4.79 Å². The van der Waals surface area contributed by atoms with E-state index in [4.69, 9.17) is 9.47 Å². The van der Waals surface area contributed by atoms with Crippen molar-refractivity contribution >= 4 is 17.2 Å². The van der Waals surface area contributed by atoms with Crippen molar-refractivity contribution in [2.45, 2.75) is 12.8 Å². The Morgan fingerprint density at radius 2 is 1.68 bits per heavy atom. The van der Waals surface area contributed by atoms with Gasteiger partial charge in [0, 0.05) is 18.5 Å². The van der Waals surface area contributed by atoms with Gasteiger partial charge in [-0.05, 0) is 47.5 Å². The lowest BCUT2D eigenvalue weighted by molar-refractivity contribution is 0.0763. The molecule has 0 spiro atoms. The van der Waals surface area contributed by atoms with Gasteiger partial charge in [-0.15, -0.1) is 0 Å². The van der Waals surface area contributed by atoms with Crippen molar-refractivity contribution in [2.24, 2.45) is 0 Å². The molecule has 1 amide bonds. The third-order valence-corrected chi connectivity index (χ3v) is 4.75. The number of carbonyl (C=O) groups excluding carboxylic acids is 1. The molecule has 0 N–H and O–H groups in total. The Morgan fingerprint density at radius 3 is 2.14 bits per heavy atom. The SMILES string of the molecule is COc1cc2c(cc1OC)CCN(C(=O)c1ccsc1)CC2. The third kappa shape index (κ3) is 2.81. The van der Waals surface area contributed by atoms with Gasteiger partial charge in [0.1, 0.15) is 0 Å². The van der Waals surface area contributed by atoms with Crippen LogP contribution in [0, 0.1) is 0 Å². The van der Waals surface area contributed by atoms with Gasteiger partial charge in [-0.25, -0.2) is 0 Å². The second-order valence-electron chi connectivity index (χ2n) is 5.28. The second kappa shape index (κ2) is 6.40. The van der Waals surface area contributed by atoms with Gasteiger partial charge in [-0.2, -0.15) is 11.3 Å². The first-order valence-electron chi connectivity index (χ1n) is 7.28. The van der Waals surface area contributed by atoms with Crippen molar-refractivity contribution in [1.82, 2.24) is 4.90 Å². The topological polar surface area (TPSA) is 38.8 Å². The van der Waals surface area contributed by atoms with Crippen LogP contribution in [0.25, 0.3) is 0 Å². The van der Waals surface area contributed by atoms with Crippen LogP contribution in [0.5, 0.6) is 11.5 Å². The van der Waals surface area contributed by atoms with Crippen molar-refractivity contribution in [2.75, 3.05) is 27.3 Å². The van der Waals surface area contributed by atoms with Gasteiger partial charge >= 0.3 is 0 Å². The fourth-order valence-corrected chi connectivity index (χ4v) is 3.45. The number of amides is 1. The summed E-state index contributed by atoms with van der Waals surface area (Å²) in [6.07, 6.45) is 1.68. The van der Waals surface area contributed by atoms with Gasteiger partial charge in [0.25, 0.3) is 5.91 Å². The minimum atomic E-state index is 0.119. The van der Waals surface area contributed by atoms with Gasteiger partial charge in [0.2, 0.25) is 0 Å². The molecule has 1 aliphatic heterocycles. The Bertz CT molecular complexity index is 632. The minimum absolute atomic E-state index is 0.119. The molecule has 0 saturated heterocycles. The molecule has 0 bridgehead atoms. The van der Waals surface area contributed by atoms with Crippen LogP contribution in [0.1, 0.15) is 21.5 Å². The summed E-state index contributed by atoms with van der Waals surface area (Å²) >= 11 is 1.55. The molecule has 0 saturated carbocycles.